The van der Waals surface area contributed by atoms with Crippen LogP contribution in [-0.2, 0) is 27.4 Å². The molecule has 0 spiro atoms. The minimum atomic E-state index is -0.916. The van der Waals surface area contributed by atoms with Crippen LogP contribution in [0.5, 0.6) is 17.2 Å². The zero-order valence-electron chi connectivity index (χ0n) is 25.4. The first-order valence-corrected chi connectivity index (χ1v) is 15.3. The number of carbonyl (C=O) groups excluding carboxylic acids is 2. The average Bonchev–Trinajstić information content (AvgIpc) is 3.29. The summed E-state index contributed by atoms with van der Waals surface area (Å²) in [6.45, 7) is -0.278. The predicted molar refractivity (Wildman–Crippen MR) is 167 cm³/mol. The van der Waals surface area contributed by atoms with Gasteiger partial charge in [-0.1, -0.05) is 18.2 Å². The molecule has 1 N–H and O–H groups in total. The van der Waals surface area contributed by atoms with Gasteiger partial charge < -0.3 is 29.1 Å². The number of carbonyl (C=O) groups is 2. The number of amides is 1. The Balaban J connectivity index is 1.62. The van der Waals surface area contributed by atoms with Crippen molar-refractivity contribution in [2.75, 3.05) is 34.2 Å². The first-order chi connectivity index (χ1) is 21.7. The average molecular weight is 639 g/mol. The topological polar surface area (TPSA) is 153 Å². The molecular formula is C32H34N2O10S. The molecule has 238 valence electrons. The molecule has 0 aromatic heterocycles. The standard InChI is InChI=1S/C32H34N2O10S/c1-40-27-17-23-21-11-13-28(45-4)26(35)16-24(21)25(12-10-22(23)30(41-2)31(27)42-3)33-32(37)20-8-5-7-19(15-20)18-43-29(36)9-6-14-44-34(38)39/h5,7-8,11,13,15-17,25H,6,9-10,12,14,18H2,1-4H3,(H,33,37)/t25-/m0/s1. The molecule has 13 heteroatoms. The lowest BCUT2D eigenvalue weighted by atomic mass is 9.96. The second-order valence-electron chi connectivity index (χ2n) is 10.0. The Morgan fingerprint density at radius 2 is 1.80 bits per heavy atom. The SMILES string of the molecule is COc1cc2c(c(OC)c1OC)CC[C@H](NC(=O)c1cccc(COC(=O)CCCO[N+](=O)[O-])c1)c1cc(=O)c(SC)ccc1-2. The summed E-state index contributed by atoms with van der Waals surface area (Å²) in [5.41, 5.74) is 3.88. The summed E-state index contributed by atoms with van der Waals surface area (Å²) >= 11 is 1.34. The van der Waals surface area contributed by atoms with Gasteiger partial charge in [0.25, 0.3) is 11.0 Å². The van der Waals surface area contributed by atoms with E-state index in [0.717, 1.165) is 16.7 Å². The molecule has 0 aliphatic heterocycles. The summed E-state index contributed by atoms with van der Waals surface area (Å²) in [5.74, 6) is 0.549. The van der Waals surface area contributed by atoms with Gasteiger partial charge in [0.2, 0.25) is 5.75 Å². The van der Waals surface area contributed by atoms with Gasteiger partial charge in [-0.15, -0.1) is 21.9 Å². The van der Waals surface area contributed by atoms with Crippen molar-refractivity contribution in [3.8, 4) is 28.4 Å². The molecule has 0 heterocycles. The van der Waals surface area contributed by atoms with Gasteiger partial charge in [-0.05, 0) is 78.1 Å². The zero-order valence-corrected chi connectivity index (χ0v) is 26.2. The third kappa shape index (κ3) is 7.85. The van der Waals surface area contributed by atoms with Crippen LogP contribution in [0.2, 0.25) is 0 Å². The molecule has 1 aliphatic carbocycles. The van der Waals surface area contributed by atoms with E-state index in [0.29, 0.717) is 51.7 Å². The van der Waals surface area contributed by atoms with Gasteiger partial charge in [0, 0.05) is 17.5 Å². The van der Waals surface area contributed by atoms with E-state index in [1.807, 2.05) is 18.4 Å². The molecule has 0 unspecified atom stereocenters. The first kappa shape index (κ1) is 33.1. The van der Waals surface area contributed by atoms with Crippen LogP contribution in [0.15, 0.2) is 58.2 Å². The smallest absolute Gasteiger partial charge is 0.306 e. The molecule has 12 nitrogen and oxygen atoms in total. The van der Waals surface area contributed by atoms with E-state index in [1.165, 1.54) is 11.8 Å². The Morgan fingerprint density at radius 3 is 2.49 bits per heavy atom. The maximum atomic E-state index is 13.6. The number of ether oxygens (including phenoxy) is 4. The molecule has 1 aliphatic rings. The number of esters is 1. The number of fused-ring (bicyclic) bond motifs is 3. The van der Waals surface area contributed by atoms with Gasteiger partial charge in [0.1, 0.15) is 6.61 Å². The Bertz CT molecular complexity index is 1650. The van der Waals surface area contributed by atoms with Crippen LogP contribution in [0.1, 0.15) is 52.4 Å². The first-order valence-electron chi connectivity index (χ1n) is 14.1. The van der Waals surface area contributed by atoms with Gasteiger partial charge in [-0.3, -0.25) is 14.4 Å². The van der Waals surface area contributed by atoms with E-state index in [2.05, 4.69) is 10.2 Å². The fraction of sp³-hybridized carbons (Fsp3) is 0.344. The number of thioether (sulfide) groups is 1. The zero-order chi connectivity index (χ0) is 32.5. The monoisotopic (exact) mass is 638 g/mol. The highest BCUT2D eigenvalue weighted by atomic mass is 32.2. The summed E-state index contributed by atoms with van der Waals surface area (Å²) in [4.78, 5) is 53.8. The summed E-state index contributed by atoms with van der Waals surface area (Å²) in [5, 5.41) is 12.4. The summed E-state index contributed by atoms with van der Waals surface area (Å²) < 4.78 is 22.3. The van der Waals surface area contributed by atoms with Crippen molar-refractivity contribution < 1.29 is 38.5 Å². The van der Waals surface area contributed by atoms with Crippen LogP contribution >= 0.6 is 11.8 Å². The number of nitrogens with zero attached hydrogens (tertiary/aromatic N) is 1. The third-order valence-corrected chi connectivity index (χ3v) is 8.14. The Morgan fingerprint density at radius 1 is 1.02 bits per heavy atom. The van der Waals surface area contributed by atoms with Crippen LogP contribution in [0.25, 0.3) is 11.1 Å². The maximum absolute atomic E-state index is 13.6. The van der Waals surface area contributed by atoms with Crippen molar-refractivity contribution in [2.45, 2.75) is 43.2 Å². The molecule has 0 saturated heterocycles. The third-order valence-electron chi connectivity index (χ3n) is 7.36. The Kier molecular flexibility index (Phi) is 11.3. The molecule has 4 rings (SSSR count). The van der Waals surface area contributed by atoms with Crippen LogP contribution in [0.3, 0.4) is 0 Å². The molecule has 1 atom stereocenters. The number of nitrogens with one attached hydrogen (secondary N) is 1. The van der Waals surface area contributed by atoms with E-state index in [9.17, 15) is 24.5 Å². The van der Waals surface area contributed by atoms with Crippen molar-refractivity contribution in [1.29, 1.82) is 0 Å². The minimum Gasteiger partial charge on any atom is -0.493 e. The lowest BCUT2D eigenvalue weighted by molar-refractivity contribution is -0.757. The van der Waals surface area contributed by atoms with Crippen molar-refractivity contribution in [3.63, 3.8) is 0 Å². The molecule has 0 saturated carbocycles. The Labute approximate surface area is 264 Å². The fourth-order valence-corrected chi connectivity index (χ4v) is 5.73. The van der Waals surface area contributed by atoms with E-state index in [4.69, 9.17) is 18.9 Å². The van der Waals surface area contributed by atoms with E-state index in [-0.39, 0.29) is 37.4 Å². The number of rotatable bonds is 13. The summed E-state index contributed by atoms with van der Waals surface area (Å²) in [7, 11) is 4.64. The molecule has 3 aromatic rings. The molecule has 0 bridgehead atoms. The minimum absolute atomic E-state index is 0.0442. The van der Waals surface area contributed by atoms with Crippen molar-refractivity contribution in [1.82, 2.24) is 5.32 Å². The van der Waals surface area contributed by atoms with Crippen LogP contribution in [0, 0.1) is 10.1 Å². The van der Waals surface area contributed by atoms with Gasteiger partial charge in [-0.2, -0.15) is 0 Å². The number of benzene rings is 2. The van der Waals surface area contributed by atoms with Crippen molar-refractivity contribution in [3.05, 3.63) is 91.1 Å². The van der Waals surface area contributed by atoms with E-state index < -0.39 is 17.1 Å². The van der Waals surface area contributed by atoms with Crippen LogP contribution in [-0.4, -0.2) is 51.2 Å². The molecule has 0 radical (unpaired) electrons. The predicted octanol–water partition coefficient (Wildman–Crippen LogP) is 4.91. The lowest BCUT2D eigenvalue weighted by Gasteiger charge is -2.19. The summed E-state index contributed by atoms with van der Waals surface area (Å²) in [6.07, 6.45) is 2.90. The lowest BCUT2D eigenvalue weighted by Crippen LogP contribution is -2.29. The number of hydrogen-bond acceptors (Lipinski definition) is 11. The molecule has 1 amide bonds. The largest absolute Gasteiger partial charge is 0.493 e. The Hall–Kier alpha value is -4.78. The van der Waals surface area contributed by atoms with E-state index in [1.54, 1.807) is 57.7 Å². The maximum Gasteiger partial charge on any atom is 0.306 e. The van der Waals surface area contributed by atoms with Gasteiger partial charge >= 0.3 is 5.97 Å². The normalized spacial score (nSPS) is 13.4. The highest BCUT2D eigenvalue weighted by molar-refractivity contribution is 7.98. The molecule has 0 fully saturated rings. The highest BCUT2D eigenvalue weighted by Crippen LogP contribution is 2.49. The second kappa shape index (κ2) is 15.3. The summed E-state index contributed by atoms with van der Waals surface area (Å²) in [6, 6.07) is 13.3. The molecular weight excluding hydrogens is 604 g/mol. The van der Waals surface area contributed by atoms with Gasteiger partial charge in [-0.25, -0.2) is 0 Å². The van der Waals surface area contributed by atoms with Crippen molar-refractivity contribution >= 4 is 23.6 Å². The van der Waals surface area contributed by atoms with Gasteiger partial charge in [0.05, 0.1) is 38.9 Å². The molecule has 3 aromatic carbocycles. The van der Waals surface area contributed by atoms with Gasteiger partial charge in [0.15, 0.2) is 16.9 Å². The second-order valence-corrected chi connectivity index (χ2v) is 10.9. The van der Waals surface area contributed by atoms with E-state index >= 15 is 0 Å². The number of hydrogen-bond donors (Lipinski definition) is 1. The quantitative estimate of drug-likeness (QED) is 0.0893. The fourth-order valence-electron chi connectivity index (χ4n) is 5.26. The number of methoxy groups -OCH3 is 3. The molecule has 45 heavy (non-hydrogen) atoms. The van der Waals surface area contributed by atoms with Crippen molar-refractivity contribution in [2.24, 2.45) is 0 Å². The van der Waals surface area contributed by atoms with Crippen LogP contribution in [0.4, 0.5) is 0 Å². The van der Waals surface area contributed by atoms with Crippen LogP contribution < -0.4 is 25.0 Å². The highest BCUT2D eigenvalue weighted by Gasteiger charge is 2.29.